The second-order valence-corrected chi connectivity index (χ2v) is 5.88. The number of amides is 1. The minimum atomic E-state index is -0.398. The maximum absolute atomic E-state index is 13.2. The molecule has 122 valence electrons. The summed E-state index contributed by atoms with van der Waals surface area (Å²) in [6.07, 6.45) is 2.19. The van der Waals surface area contributed by atoms with Gasteiger partial charge in [0.15, 0.2) is 0 Å². The monoisotopic (exact) mass is 343 g/mol. The van der Waals surface area contributed by atoms with Gasteiger partial charge >= 0.3 is 6.01 Å². The summed E-state index contributed by atoms with van der Waals surface area (Å²) in [6, 6.07) is 13.5. The molecule has 0 atom stereocenters. The van der Waals surface area contributed by atoms with Gasteiger partial charge in [-0.2, -0.15) is 0 Å². The Kier molecular flexibility index (Phi) is 4.90. The number of rotatable bonds is 5. The Balaban J connectivity index is 1.64. The lowest BCUT2D eigenvalue weighted by Gasteiger charge is -2.02. The van der Waals surface area contributed by atoms with Crippen LogP contribution in [0, 0.1) is 5.82 Å². The molecule has 1 aromatic heterocycles. The lowest BCUT2D eigenvalue weighted by molar-refractivity contribution is -0.115. The number of anilines is 1. The van der Waals surface area contributed by atoms with Gasteiger partial charge in [0.25, 0.3) is 0 Å². The minimum absolute atomic E-state index is 0.0139. The van der Waals surface area contributed by atoms with Gasteiger partial charge in [-0.25, -0.2) is 4.39 Å². The van der Waals surface area contributed by atoms with Crippen LogP contribution >= 0.6 is 11.8 Å². The molecule has 0 radical (unpaired) electrons. The van der Waals surface area contributed by atoms with Gasteiger partial charge < -0.3 is 4.42 Å². The molecular weight excluding hydrogens is 329 g/mol. The van der Waals surface area contributed by atoms with E-state index >= 15 is 0 Å². The quantitative estimate of drug-likeness (QED) is 0.714. The molecule has 1 amide bonds. The minimum Gasteiger partial charge on any atom is -0.403 e. The normalized spacial score (nSPS) is 10.6. The molecule has 1 heterocycles. The summed E-state index contributed by atoms with van der Waals surface area (Å²) >= 11 is 1.64. The maximum Gasteiger partial charge on any atom is 0.322 e. The molecule has 0 spiro atoms. The third-order valence-electron chi connectivity index (χ3n) is 3.27. The third-order valence-corrected chi connectivity index (χ3v) is 4.01. The molecule has 1 N–H and O–H groups in total. The molecule has 0 fully saturated rings. The molecule has 0 unspecified atom stereocenters. The number of thioether (sulfide) groups is 1. The van der Waals surface area contributed by atoms with Gasteiger partial charge in [0, 0.05) is 10.5 Å². The highest BCUT2D eigenvalue weighted by Gasteiger charge is 2.12. The first kappa shape index (κ1) is 16.2. The zero-order chi connectivity index (χ0) is 16.9. The second-order valence-electron chi connectivity index (χ2n) is 5.00. The van der Waals surface area contributed by atoms with Gasteiger partial charge in [0.1, 0.15) is 5.82 Å². The lowest BCUT2D eigenvalue weighted by Crippen LogP contribution is -2.14. The van der Waals surface area contributed by atoms with Crippen LogP contribution in [0.25, 0.3) is 11.5 Å². The fourth-order valence-electron chi connectivity index (χ4n) is 2.10. The second kappa shape index (κ2) is 7.27. The van der Waals surface area contributed by atoms with Gasteiger partial charge in [-0.3, -0.25) is 10.1 Å². The predicted molar refractivity (Wildman–Crippen MR) is 90.2 cm³/mol. The summed E-state index contributed by atoms with van der Waals surface area (Å²) in [6.45, 7) is 0. The zero-order valence-corrected chi connectivity index (χ0v) is 13.6. The summed E-state index contributed by atoms with van der Waals surface area (Å²) in [7, 11) is 0. The SMILES string of the molecule is CSc1ccc(CC(=O)Nc2nnc(-c3cccc(F)c3)o2)cc1. The van der Waals surface area contributed by atoms with E-state index in [-0.39, 0.29) is 24.2 Å². The van der Waals surface area contributed by atoms with E-state index in [0.29, 0.717) is 5.56 Å². The number of benzene rings is 2. The van der Waals surface area contributed by atoms with Crippen molar-refractivity contribution in [3.63, 3.8) is 0 Å². The molecule has 2 aromatic carbocycles. The van der Waals surface area contributed by atoms with Crippen molar-refractivity contribution in [1.29, 1.82) is 0 Å². The first-order chi connectivity index (χ1) is 11.6. The number of carbonyl (C=O) groups is 1. The van der Waals surface area contributed by atoms with Gasteiger partial charge in [0.2, 0.25) is 11.8 Å². The molecule has 5 nitrogen and oxygen atoms in total. The smallest absolute Gasteiger partial charge is 0.322 e. The Morgan fingerprint density at radius 1 is 1.21 bits per heavy atom. The van der Waals surface area contributed by atoms with Crippen LogP contribution in [0.3, 0.4) is 0 Å². The van der Waals surface area contributed by atoms with Crippen molar-refractivity contribution in [3.05, 3.63) is 59.9 Å². The maximum atomic E-state index is 13.2. The zero-order valence-electron chi connectivity index (χ0n) is 12.8. The summed E-state index contributed by atoms with van der Waals surface area (Å²) in [5.41, 5.74) is 1.34. The van der Waals surface area contributed by atoms with Gasteiger partial charge in [-0.05, 0) is 42.2 Å². The predicted octanol–water partition coefficient (Wildman–Crippen LogP) is 3.78. The summed E-state index contributed by atoms with van der Waals surface area (Å²) in [5, 5.41) is 10.1. The van der Waals surface area contributed by atoms with Crippen molar-refractivity contribution in [2.24, 2.45) is 0 Å². The third kappa shape index (κ3) is 3.99. The van der Waals surface area contributed by atoms with E-state index in [1.165, 1.54) is 12.1 Å². The highest BCUT2D eigenvalue weighted by molar-refractivity contribution is 7.98. The molecule has 3 rings (SSSR count). The number of nitrogens with one attached hydrogen (secondary N) is 1. The molecule has 0 aliphatic rings. The Morgan fingerprint density at radius 2 is 2.00 bits per heavy atom. The Hall–Kier alpha value is -2.67. The van der Waals surface area contributed by atoms with Gasteiger partial charge in [0.05, 0.1) is 6.42 Å². The highest BCUT2D eigenvalue weighted by Crippen LogP contribution is 2.20. The van der Waals surface area contributed by atoms with Crippen LogP contribution in [-0.2, 0) is 11.2 Å². The Morgan fingerprint density at radius 3 is 2.71 bits per heavy atom. The van der Waals surface area contributed by atoms with Crippen LogP contribution in [-0.4, -0.2) is 22.4 Å². The van der Waals surface area contributed by atoms with Crippen LogP contribution in [0.4, 0.5) is 10.4 Å². The summed E-state index contributed by atoms with van der Waals surface area (Å²) < 4.78 is 18.6. The van der Waals surface area contributed by atoms with Gasteiger partial charge in [-0.15, -0.1) is 16.9 Å². The van der Waals surface area contributed by atoms with E-state index in [2.05, 4.69) is 15.5 Å². The number of hydrogen-bond acceptors (Lipinski definition) is 5. The summed E-state index contributed by atoms with van der Waals surface area (Å²) in [5.74, 6) is -0.513. The van der Waals surface area contributed by atoms with Crippen LogP contribution < -0.4 is 5.32 Å². The van der Waals surface area contributed by atoms with Crippen molar-refractivity contribution < 1.29 is 13.6 Å². The first-order valence-corrected chi connectivity index (χ1v) is 8.39. The highest BCUT2D eigenvalue weighted by atomic mass is 32.2. The van der Waals surface area contributed by atoms with E-state index in [1.807, 2.05) is 30.5 Å². The topological polar surface area (TPSA) is 68.0 Å². The van der Waals surface area contributed by atoms with Crippen LogP contribution in [0.5, 0.6) is 0 Å². The van der Waals surface area contributed by atoms with E-state index in [9.17, 15) is 9.18 Å². The Labute approximate surface area is 142 Å². The molecular formula is C17H14FN3O2S. The van der Waals surface area contributed by atoms with Crippen LogP contribution in [0.15, 0.2) is 57.8 Å². The number of nitrogens with zero attached hydrogens (tertiary/aromatic N) is 2. The average molecular weight is 343 g/mol. The average Bonchev–Trinajstić information content (AvgIpc) is 3.04. The van der Waals surface area contributed by atoms with E-state index in [1.54, 1.807) is 23.9 Å². The molecule has 7 heteroatoms. The fourth-order valence-corrected chi connectivity index (χ4v) is 2.51. The van der Waals surface area contributed by atoms with E-state index < -0.39 is 5.82 Å². The van der Waals surface area contributed by atoms with Crippen LogP contribution in [0.1, 0.15) is 5.56 Å². The van der Waals surface area contributed by atoms with Gasteiger partial charge in [-0.1, -0.05) is 23.3 Å². The fraction of sp³-hybridized carbons (Fsp3) is 0.118. The molecule has 24 heavy (non-hydrogen) atoms. The largest absolute Gasteiger partial charge is 0.403 e. The first-order valence-electron chi connectivity index (χ1n) is 7.16. The number of aromatic nitrogens is 2. The van der Waals surface area contributed by atoms with Crippen LogP contribution in [0.2, 0.25) is 0 Å². The number of hydrogen-bond donors (Lipinski definition) is 1. The summed E-state index contributed by atoms with van der Waals surface area (Å²) in [4.78, 5) is 13.2. The molecule has 0 bridgehead atoms. The van der Waals surface area contributed by atoms with E-state index in [0.717, 1.165) is 10.5 Å². The van der Waals surface area contributed by atoms with Crippen molar-refractivity contribution in [2.75, 3.05) is 11.6 Å². The lowest BCUT2D eigenvalue weighted by atomic mass is 10.1. The number of carbonyl (C=O) groups excluding carboxylic acids is 1. The molecule has 0 saturated heterocycles. The molecule has 0 aliphatic carbocycles. The van der Waals surface area contributed by atoms with Crippen molar-refractivity contribution in [2.45, 2.75) is 11.3 Å². The standard InChI is InChI=1S/C17H14FN3O2S/c1-24-14-7-5-11(6-8-14)9-15(22)19-17-21-20-16(23-17)12-3-2-4-13(18)10-12/h2-8,10H,9H2,1H3,(H,19,21,22). The van der Waals surface area contributed by atoms with Crippen molar-refractivity contribution >= 4 is 23.7 Å². The number of halogens is 1. The molecule has 3 aromatic rings. The van der Waals surface area contributed by atoms with Crippen molar-refractivity contribution in [3.8, 4) is 11.5 Å². The Bertz CT molecular complexity index is 849. The van der Waals surface area contributed by atoms with E-state index in [4.69, 9.17) is 4.42 Å². The molecule has 0 aliphatic heterocycles. The molecule has 0 saturated carbocycles. The van der Waals surface area contributed by atoms with Crippen molar-refractivity contribution in [1.82, 2.24) is 10.2 Å².